The summed E-state index contributed by atoms with van der Waals surface area (Å²) in [5, 5.41) is 11.9. The molecule has 1 aromatic carbocycles. The van der Waals surface area contributed by atoms with E-state index < -0.39 is 0 Å². The Balaban J connectivity index is 3.05. The molecule has 0 saturated carbocycles. The molecule has 13 heavy (non-hydrogen) atoms. The van der Waals surface area contributed by atoms with Crippen molar-refractivity contribution >= 4 is 34.6 Å². The number of halogens is 1. The SMILES string of the molecule is N#Cc1ccc(Cl)c(NC(N)=S)c1. The average molecular weight is 212 g/mol. The van der Waals surface area contributed by atoms with Crippen LogP contribution in [0.15, 0.2) is 18.2 Å². The highest BCUT2D eigenvalue weighted by Crippen LogP contribution is 2.22. The molecule has 0 aliphatic heterocycles. The van der Waals surface area contributed by atoms with Crippen LogP contribution in [0.1, 0.15) is 5.56 Å². The molecule has 0 amide bonds. The minimum Gasteiger partial charge on any atom is -0.376 e. The summed E-state index contributed by atoms with van der Waals surface area (Å²) in [4.78, 5) is 0. The van der Waals surface area contributed by atoms with Crippen LogP contribution in [0.2, 0.25) is 5.02 Å². The molecular formula is C8H6ClN3S. The van der Waals surface area contributed by atoms with Crippen molar-refractivity contribution in [2.75, 3.05) is 5.32 Å². The first-order chi connectivity index (χ1) is 6.13. The van der Waals surface area contributed by atoms with Crippen molar-refractivity contribution in [1.82, 2.24) is 0 Å². The smallest absolute Gasteiger partial charge is 0.168 e. The third-order valence-corrected chi connectivity index (χ3v) is 1.78. The molecule has 0 spiro atoms. The van der Waals surface area contributed by atoms with Crippen molar-refractivity contribution in [3.05, 3.63) is 28.8 Å². The van der Waals surface area contributed by atoms with Crippen molar-refractivity contribution < 1.29 is 0 Å². The van der Waals surface area contributed by atoms with E-state index in [2.05, 4.69) is 17.5 Å². The molecule has 0 radical (unpaired) electrons. The van der Waals surface area contributed by atoms with Gasteiger partial charge in [-0.05, 0) is 30.4 Å². The van der Waals surface area contributed by atoms with Gasteiger partial charge in [0.1, 0.15) is 0 Å². The van der Waals surface area contributed by atoms with Gasteiger partial charge >= 0.3 is 0 Å². The van der Waals surface area contributed by atoms with Crippen LogP contribution in [0.3, 0.4) is 0 Å². The molecule has 0 atom stereocenters. The first-order valence-electron chi connectivity index (χ1n) is 3.39. The maximum absolute atomic E-state index is 8.60. The molecule has 1 rings (SSSR count). The molecular weight excluding hydrogens is 206 g/mol. The summed E-state index contributed by atoms with van der Waals surface area (Å²) < 4.78 is 0. The lowest BCUT2D eigenvalue weighted by Gasteiger charge is -2.05. The fraction of sp³-hybridized carbons (Fsp3) is 0. The van der Waals surface area contributed by atoms with E-state index in [0.717, 1.165) is 0 Å². The highest BCUT2D eigenvalue weighted by molar-refractivity contribution is 7.80. The van der Waals surface area contributed by atoms with Gasteiger partial charge in [0, 0.05) is 0 Å². The van der Waals surface area contributed by atoms with Crippen molar-refractivity contribution in [1.29, 1.82) is 5.26 Å². The largest absolute Gasteiger partial charge is 0.376 e. The number of nitrogens with two attached hydrogens (primary N) is 1. The summed E-state index contributed by atoms with van der Waals surface area (Å²) in [6.07, 6.45) is 0. The zero-order valence-corrected chi connectivity index (χ0v) is 8.12. The normalized spacial score (nSPS) is 8.92. The topological polar surface area (TPSA) is 61.8 Å². The summed E-state index contributed by atoms with van der Waals surface area (Å²) in [5.41, 5.74) is 6.32. The summed E-state index contributed by atoms with van der Waals surface area (Å²) in [6, 6.07) is 6.80. The molecule has 0 aliphatic carbocycles. The minimum absolute atomic E-state index is 0.122. The van der Waals surface area contributed by atoms with E-state index in [0.29, 0.717) is 16.3 Å². The van der Waals surface area contributed by atoms with E-state index in [4.69, 9.17) is 22.6 Å². The van der Waals surface area contributed by atoms with Gasteiger partial charge in [-0.25, -0.2) is 0 Å². The van der Waals surface area contributed by atoms with E-state index in [1.165, 1.54) is 0 Å². The zero-order valence-electron chi connectivity index (χ0n) is 6.54. The molecule has 0 aromatic heterocycles. The fourth-order valence-corrected chi connectivity index (χ4v) is 1.10. The molecule has 0 fully saturated rings. The maximum Gasteiger partial charge on any atom is 0.168 e. The summed E-state index contributed by atoms with van der Waals surface area (Å²) in [7, 11) is 0. The van der Waals surface area contributed by atoms with Gasteiger partial charge in [-0.15, -0.1) is 0 Å². The van der Waals surface area contributed by atoms with E-state index >= 15 is 0 Å². The number of rotatable bonds is 1. The third-order valence-electron chi connectivity index (χ3n) is 1.35. The molecule has 0 heterocycles. The van der Waals surface area contributed by atoms with Crippen molar-refractivity contribution in [3.63, 3.8) is 0 Å². The van der Waals surface area contributed by atoms with Crippen molar-refractivity contribution in [2.24, 2.45) is 5.73 Å². The molecule has 0 saturated heterocycles. The van der Waals surface area contributed by atoms with Gasteiger partial charge in [0.25, 0.3) is 0 Å². The lowest BCUT2D eigenvalue weighted by atomic mass is 10.2. The standard InChI is InChI=1S/C8H6ClN3S/c9-6-2-1-5(4-10)3-7(6)12-8(11)13/h1-3H,(H3,11,12,13). The Kier molecular flexibility index (Phi) is 3.07. The van der Waals surface area contributed by atoms with Gasteiger partial charge in [-0.1, -0.05) is 11.6 Å². The van der Waals surface area contributed by atoms with Crippen LogP contribution in [0.4, 0.5) is 5.69 Å². The Morgan fingerprint density at radius 2 is 2.31 bits per heavy atom. The van der Waals surface area contributed by atoms with Crippen molar-refractivity contribution in [3.8, 4) is 6.07 Å². The molecule has 0 bridgehead atoms. The summed E-state index contributed by atoms with van der Waals surface area (Å²) in [6.45, 7) is 0. The molecule has 1 aromatic rings. The lowest BCUT2D eigenvalue weighted by Crippen LogP contribution is -2.19. The van der Waals surface area contributed by atoms with Crippen LogP contribution in [-0.4, -0.2) is 5.11 Å². The first-order valence-corrected chi connectivity index (χ1v) is 4.18. The van der Waals surface area contributed by atoms with Crippen molar-refractivity contribution in [2.45, 2.75) is 0 Å². The van der Waals surface area contributed by atoms with Crippen LogP contribution in [-0.2, 0) is 0 Å². The van der Waals surface area contributed by atoms with Gasteiger partial charge in [-0.2, -0.15) is 5.26 Å². The second-order valence-corrected chi connectivity index (χ2v) is 3.14. The number of nitrogens with one attached hydrogen (secondary N) is 1. The van der Waals surface area contributed by atoms with Crippen LogP contribution in [0.5, 0.6) is 0 Å². The Morgan fingerprint density at radius 1 is 1.62 bits per heavy atom. The van der Waals surface area contributed by atoms with Crippen LogP contribution in [0.25, 0.3) is 0 Å². The van der Waals surface area contributed by atoms with Gasteiger partial charge in [0.05, 0.1) is 22.3 Å². The predicted molar refractivity (Wildman–Crippen MR) is 56.6 cm³/mol. The van der Waals surface area contributed by atoms with E-state index in [1.54, 1.807) is 18.2 Å². The fourth-order valence-electron chi connectivity index (χ4n) is 0.823. The second kappa shape index (κ2) is 4.08. The van der Waals surface area contributed by atoms with Gasteiger partial charge < -0.3 is 11.1 Å². The van der Waals surface area contributed by atoms with Gasteiger partial charge in [0.2, 0.25) is 0 Å². The number of hydrogen-bond acceptors (Lipinski definition) is 2. The number of anilines is 1. The predicted octanol–water partition coefficient (Wildman–Crippen LogP) is 1.87. The van der Waals surface area contributed by atoms with Crippen LogP contribution >= 0.6 is 23.8 Å². The monoisotopic (exact) mass is 211 g/mol. The number of thiocarbonyl (C=S) groups is 1. The van der Waals surface area contributed by atoms with Gasteiger partial charge in [-0.3, -0.25) is 0 Å². The van der Waals surface area contributed by atoms with E-state index in [9.17, 15) is 0 Å². The number of benzene rings is 1. The van der Waals surface area contributed by atoms with E-state index in [-0.39, 0.29) is 5.11 Å². The molecule has 66 valence electrons. The second-order valence-electron chi connectivity index (χ2n) is 2.30. The highest BCUT2D eigenvalue weighted by Gasteiger charge is 2.01. The number of hydrogen-bond donors (Lipinski definition) is 2. The van der Waals surface area contributed by atoms with Gasteiger partial charge in [0.15, 0.2) is 5.11 Å². The first kappa shape index (κ1) is 9.78. The summed E-state index contributed by atoms with van der Waals surface area (Å²) in [5.74, 6) is 0. The zero-order chi connectivity index (χ0) is 9.84. The van der Waals surface area contributed by atoms with Crippen LogP contribution in [0, 0.1) is 11.3 Å². The Labute approximate surface area is 86.1 Å². The average Bonchev–Trinajstić information content (AvgIpc) is 2.08. The summed E-state index contributed by atoms with van der Waals surface area (Å²) >= 11 is 10.5. The maximum atomic E-state index is 8.60. The quantitative estimate of drug-likeness (QED) is 0.697. The molecule has 0 aliphatic rings. The Hall–Kier alpha value is -1.31. The molecule has 0 unspecified atom stereocenters. The number of nitriles is 1. The molecule has 3 N–H and O–H groups in total. The highest BCUT2D eigenvalue weighted by atomic mass is 35.5. The lowest BCUT2D eigenvalue weighted by molar-refractivity contribution is 1.48. The third kappa shape index (κ3) is 2.58. The minimum atomic E-state index is 0.122. The molecule has 5 heteroatoms. The Morgan fingerprint density at radius 3 is 2.85 bits per heavy atom. The number of nitrogens with zero attached hydrogens (tertiary/aromatic N) is 1. The van der Waals surface area contributed by atoms with E-state index in [1.807, 2.05) is 6.07 Å². The Bertz CT molecular complexity index is 383. The molecule has 3 nitrogen and oxygen atoms in total. The van der Waals surface area contributed by atoms with Crippen LogP contribution < -0.4 is 11.1 Å².